The fraction of sp³-hybridized carbons (Fsp3) is 0.600. The van der Waals surface area contributed by atoms with Crippen LogP contribution in [0, 0.1) is 5.92 Å². The van der Waals surface area contributed by atoms with Crippen LogP contribution in [0.25, 0.3) is 0 Å². The third-order valence-electron chi connectivity index (χ3n) is 3.70. The highest BCUT2D eigenvalue weighted by Crippen LogP contribution is 2.32. The van der Waals surface area contributed by atoms with Gasteiger partial charge in [0, 0.05) is 28.2 Å². The molecule has 1 fully saturated rings. The third-order valence-corrected chi connectivity index (χ3v) is 4.88. The van der Waals surface area contributed by atoms with Gasteiger partial charge in [-0.25, -0.2) is 0 Å². The van der Waals surface area contributed by atoms with E-state index in [9.17, 15) is 0 Å². The highest BCUT2D eigenvalue weighted by Gasteiger charge is 2.21. The highest BCUT2D eigenvalue weighted by atomic mass is 79.9. The quantitative estimate of drug-likeness (QED) is 0.787. The van der Waals surface area contributed by atoms with Crippen LogP contribution < -0.4 is 5.32 Å². The van der Waals surface area contributed by atoms with Crippen LogP contribution in [0.1, 0.15) is 37.8 Å². The Labute approximate surface area is 132 Å². The van der Waals surface area contributed by atoms with Crippen LogP contribution in [-0.2, 0) is 4.74 Å². The molecule has 0 radical (unpaired) electrons. The second-order valence-corrected chi connectivity index (χ2v) is 6.84. The lowest BCUT2D eigenvalue weighted by Gasteiger charge is -2.28. The summed E-state index contributed by atoms with van der Waals surface area (Å²) in [5.41, 5.74) is 1.36. The van der Waals surface area contributed by atoms with E-state index in [0.29, 0.717) is 6.04 Å². The molecule has 1 heterocycles. The maximum absolute atomic E-state index is 5.45. The fourth-order valence-corrected chi connectivity index (χ4v) is 3.99. The minimum absolute atomic E-state index is 0.426. The van der Waals surface area contributed by atoms with Crippen molar-refractivity contribution in [2.45, 2.75) is 32.2 Å². The Balaban J connectivity index is 2.09. The molecule has 1 aliphatic rings. The first-order valence-corrected chi connectivity index (χ1v) is 8.55. The molecule has 1 aromatic rings. The SMILES string of the molecule is CCNC(CC1CCOCC1)c1ccc(Br)cc1Br. The van der Waals surface area contributed by atoms with Gasteiger partial charge in [-0.3, -0.25) is 0 Å². The van der Waals surface area contributed by atoms with E-state index >= 15 is 0 Å². The summed E-state index contributed by atoms with van der Waals surface area (Å²) < 4.78 is 7.75. The molecule has 0 aliphatic carbocycles. The van der Waals surface area contributed by atoms with Crippen molar-refractivity contribution < 1.29 is 4.74 Å². The van der Waals surface area contributed by atoms with E-state index in [1.807, 2.05) is 0 Å². The predicted molar refractivity (Wildman–Crippen MR) is 86.4 cm³/mol. The molecule has 4 heteroatoms. The summed E-state index contributed by atoms with van der Waals surface area (Å²) in [5, 5.41) is 3.62. The van der Waals surface area contributed by atoms with Gasteiger partial charge in [0.2, 0.25) is 0 Å². The van der Waals surface area contributed by atoms with Gasteiger partial charge in [0.1, 0.15) is 0 Å². The Hall–Kier alpha value is 0.1000. The molecule has 2 nitrogen and oxygen atoms in total. The van der Waals surface area contributed by atoms with E-state index in [4.69, 9.17) is 4.74 Å². The predicted octanol–water partition coefficient (Wildman–Crippen LogP) is 4.68. The zero-order chi connectivity index (χ0) is 13.7. The minimum atomic E-state index is 0.426. The van der Waals surface area contributed by atoms with E-state index in [0.717, 1.165) is 30.1 Å². The van der Waals surface area contributed by atoms with Gasteiger partial charge in [-0.15, -0.1) is 0 Å². The molecule has 2 rings (SSSR count). The zero-order valence-corrected chi connectivity index (χ0v) is 14.5. The zero-order valence-electron chi connectivity index (χ0n) is 11.3. The second kappa shape index (κ2) is 7.77. The van der Waals surface area contributed by atoms with Crippen LogP contribution in [-0.4, -0.2) is 19.8 Å². The molecule has 1 aliphatic heterocycles. The topological polar surface area (TPSA) is 21.3 Å². The molecule has 1 unspecified atom stereocenters. The molecule has 0 saturated carbocycles. The number of hydrogen-bond acceptors (Lipinski definition) is 2. The molecule has 0 bridgehead atoms. The first-order chi connectivity index (χ1) is 9.20. The summed E-state index contributed by atoms with van der Waals surface area (Å²) in [7, 11) is 0. The second-order valence-electron chi connectivity index (χ2n) is 5.07. The number of nitrogens with one attached hydrogen (secondary N) is 1. The van der Waals surface area contributed by atoms with Crippen molar-refractivity contribution in [3.8, 4) is 0 Å². The van der Waals surface area contributed by atoms with Gasteiger partial charge >= 0.3 is 0 Å². The van der Waals surface area contributed by atoms with Crippen LogP contribution in [0.5, 0.6) is 0 Å². The molecule has 1 atom stereocenters. The Morgan fingerprint density at radius 3 is 2.68 bits per heavy atom. The molecular weight excluding hydrogens is 370 g/mol. The molecule has 0 spiro atoms. The largest absolute Gasteiger partial charge is 0.381 e. The summed E-state index contributed by atoms with van der Waals surface area (Å²) in [4.78, 5) is 0. The maximum Gasteiger partial charge on any atom is 0.0468 e. The molecule has 0 aromatic heterocycles. The fourth-order valence-electron chi connectivity index (χ4n) is 2.67. The maximum atomic E-state index is 5.45. The van der Waals surface area contributed by atoms with Crippen LogP contribution in [0.4, 0.5) is 0 Å². The Kier molecular flexibility index (Phi) is 6.33. The van der Waals surface area contributed by atoms with Crippen molar-refractivity contribution in [2.75, 3.05) is 19.8 Å². The smallest absolute Gasteiger partial charge is 0.0468 e. The van der Waals surface area contributed by atoms with E-state index in [1.54, 1.807) is 0 Å². The number of ether oxygens (including phenoxy) is 1. The first-order valence-electron chi connectivity index (χ1n) is 6.96. The number of rotatable bonds is 5. The molecule has 106 valence electrons. The van der Waals surface area contributed by atoms with Crippen LogP contribution >= 0.6 is 31.9 Å². The van der Waals surface area contributed by atoms with E-state index in [1.165, 1.54) is 29.3 Å². The number of hydrogen-bond donors (Lipinski definition) is 1. The lowest BCUT2D eigenvalue weighted by molar-refractivity contribution is 0.0605. The van der Waals surface area contributed by atoms with Gasteiger partial charge < -0.3 is 10.1 Å². The highest BCUT2D eigenvalue weighted by molar-refractivity contribution is 9.11. The van der Waals surface area contributed by atoms with E-state index < -0.39 is 0 Å². The van der Waals surface area contributed by atoms with Gasteiger partial charge in [-0.2, -0.15) is 0 Å². The molecular formula is C15H21Br2NO. The third kappa shape index (κ3) is 4.55. The van der Waals surface area contributed by atoms with Gasteiger partial charge in [0.05, 0.1) is 0 Å². The first kappa shape index (κ1) is 15.5. The average Bonchev–Trinajstić information content (AvgIpc) is 2.39. The lowest BCUT2D eigenvalue weighted by atomic mass is 9.89. The number of halogens is 2. The Morgan fingerprint density at radius 1 is 1.32 bits per heavy atom. The van der Waals surface area contributed by atoms with Gasteiger partial charge in [0.25, 0.3) is 0 Å². The van der Waals surface area contributed by atoms with Gasteiger partial charge in [-0.1, -0.05) is 44.8 Å². The standard InChI is InChI=1S/C15H21Br2NO/c1-2-18-15(9-11-5-7-19-8-6-11)13-4-3-12(16)10-14(13)17/h3-4,10-11,15,18H,2,5-9H2,1H3. The summed E-state index contributed by atoms with van der Waals surface area (Å²) in [6, 6.07) is 6.88. The van der Waals surface area contributed by atoms with Crippen molar-refractivity contribution >= 4 is 31.9 Å². The molecule has 1 saturated heterocycles. The van der Waals surface area contributed by atoms with Crippen molar-refractivity contribution in [1.82, 2.24) is 5.32 Å². The normalized spacial score (nSPS) is 18.5. The molecule has 19 heavy (non-hydrogen) atoms. The van der Waals surface area contributed by atoms with Gasteiger partial charge in [-0.05, 0) is 49.4 Å². The summed E-state index contributed by atoms with van der Waals surface area (Å²) in [6.45, 7) is 5.01. The molecule has 1 N–H and O–H groups in total. The van der Waals surface area contributed by atoms with Crippen LogP contribution in [0.2, 0.25) is 0 Å². The van der Waals surface area contributed by atoms with Crippen molar-refractivity contribution in [3.63, 3.8) is 0 Å². The monoisotopic (exact) mass is 389 g/mol. The Bertz CT molecular complexity index is 405. The van der Waals surface area contributed by atoms with E-state index in [-0.39, 0.29) is 0 Å². The molecule has 1 aromatic carbocycles. The lowest BCUT2D eigenvalue weighted by Crippen LogP contribution is -2.26. The molecule has 0 amide bonds. The van der Waals surface area contributed by atoms with Crippen LogP contribution in [0.15, 0.2) is 27.1 Å². The van der Waals surface area contributed by atoms with Crippen LogP contribution in [0.3, 0.4) is 0 Å². The van der Waals surface area contributed by atoms with Crippen molar-refractivity contribution in [2.24, 2.45) is 5.92 Å². The minimum Gasteiger partial charge on any atom is -0.381 e. The number of benzene rings is 1. The average molecular weight is 391 g/mol. The summed E-state index contributed by atoms with van der Waals surface area (Å²) >= 11 is 7.20. The van der Waals surface area contributed by atoms with Crippen molar-refractivity contribution in [3.05, 3.63) is 32.7 Å². The van der Waals surface area contributed by atoms with Crippen molar-refractivity contribution in [1.29, 1.82) is 0 Å². The van der Waals surface area contributed by atoms with Gasteiger partial charge in [0.15, 0.2) is 0 Å². The summed E-state index contributed by atoms with van der Waals surface area (Å²) in [6.07, 6.45) is 3.57. The van der Waals surface area contributed by atoms with E-state index in [2.05, 4.69) is 62.3 Å². The summed E-state index contributed by atoms with van der Waals surface area (Å²) in [5.74, 6) is 0.772. The Morgan fingerprint density at radius 2 is 2.05 bits per heavy atom.